The summed E-state index contributed by atoms with van der Waals surface area (Å²) in [4.78, 5) is 40.3. The Labute approximate surface area is 221 Å². The molecule has 0 bridgehead atoms. The summed E-state index contributed by atoms with van der Waals surface area (Å²) in [6.07, 6.45) is 10.3. The van der Waals surface area contributed by atoms with Crippen molar-refractivity contribution in [1.29, 1.82) is 0 Å². The van der Waals surface area contributed by atoms with E-state index in [1.807, 2.05) is 30.3 Å². The molecule has 0 saturated carbocycles. The number of H-pyrrole nitrogens is 2. The number of nitrogens with zero attached hydrogens (tertiary/aromatic N) is 7. The summed E-state index contributed by atoms with van der Waals surface area (Å²) < 4.78 is 5.33. The summed E-state index contributed by atoms with van der Waals surface area (Å²) in [6.45, 7) is 2.20. The van der Waals surface area contributed by atoms with Crippen LogP contribution in [0.15, 0.2) is 67.5 Å². The maximum atomic E-state index is 12.6. The fourth-order valence-corrected chi connectivity index (χ4v) is 4.63. The van der Waals surface area contributed by atoms with Gasteiger partial charge in [0, 0.05) is 54.6 Å². The van der Waals surface area contributed by atoms with Gasteiger partial charge >= 0.3 is 6.03 Å². The van der Waals surface area contributed by atoms with Crippen molar-refractivity contribution >= 4 is 33.8 Å². The Morgan fingerprint density at radius 3 is 2.72 bits per heavy atom. The SMILES string of the molecule is O=C(Nc1cncc(-c2cnc3n[nH]c(-c4nc5c(-c6ccccn6)cncc5[nH]4)c3c2)c1)N1CCOCC1. The van der Waals surface area contributed by atoms with Crippen LogP contribution in [-0.4, -0.2) is 77.3 Å². The lowest BCUT2D eigenvalue weighted by atomic mass is 10.1. The van der Waals surface area contributed by atoms with Crippen LogP contribution in [0.4, 0.5) is 10.5 Å². The van der Waals surface area contributed by atoms with Crippen LogP contribution in [0.2, 0.25) is 0 Å². The molecule has 1 aliphatic heterocycles. The number of hydrogen-bond acceptors (Lipinski definition) is 8. The van der Waals surface area contributed by atoms with E-state index in [0.29, 0.717) is 49.2 Å². The van der Waals surface area contributed by atoms with Crippen LogP contribution in [-0.2, 0) is 4.74 Å². The normalized spacial score (nSPS) is 13.7. The van der Waals surface area contributed by atoms with Crippen LogP contribution < -0.4 is 5.32 Å². The molecule has 6 aromatic heterocycles. The average Bonchev–Trinajstić information content (AvgIpc) is 3.62. The Kier molecular flexibility index (Phi) is 5.63. The highest BCUT2D eigenvalue weighted by Crippen LogP contribution is 2.31. The summed E-state index contributed by atoms with van der Waals surface area (Å²) in [5, 5.41) is 11.2. The molecule has 12 heteroatoms. The Morgan fingerprint density at radius 1 is 0.974 bits per heavy atom. The van der Waals surface area contributed by atoms with Gasteiger partial charge in [0.2, 0.25) is 0 Å². The van der Waals surface area contributed by atoms with Crippen LogP contribution in [0.5, 0.6) is 0 Å². The zero-order valence-electron chi connectivity index (χ0n) is 20.6. The Hall–Kier alpha value is -5.23. The number of aromatic amines is 2. The number of fused-ring (bicyclic) bond motifs is 2. The number of imidazole rings is 1. The first kappa shape index (κ1) is 22.9. The third kappa shape index (κ3) is 4.32. The first-order valence-corrected chi connectivity index (χ1v) is 12.4. The summed E-state index contributed by atoms with van der Waals surface area (Å²) in [7, 11) is 0. The predicted molar refractivity (Wildman–Crippen MR) is 145 cm³/mol. The van der Waals surface area contributed by atoms with Crippen LogP contribution in [0.25, 0.3) is 56.0 Å². The summed E-state index contributed by atoms with van der Waals surface area (Å²) in [6, 6.07) is 9.42. The van der Waals surface area contributed by atoms with Gasteiger partial charge in [0.25, 0.3) is 0 Å². The first-order valence-electron chi connectivity index (χ1n) is 12.4. The number of hydrogen-bond donors (Lipinski definition) is 3. The molecule has 0 aromatic carbocycles. The number of carbonyl (C=O) groups excluding carboxylic acids is 1. The maximum Gasteiger partial charge on any atom is 0.322 e. The maximum absolute atomic E-state index is 12.6. The zero-order chi connectivity index (χ0) is 26.2. The van der Waals surface area contributed by atoms with E-state index in [-0.39, 0.29) is 6.03 Å². The van der Waals surface area contributed by atoms with E-state index in [1.54, 1.807) is 42.1 Å². The van der Waals surface area contributed by atoms with E-state index in [4.69, 9.17) is 9.72 Å². The van der Waals surface area contributed by atoms with Gasteiger partial charge in [-0.05, 0) is 24.3 Å². The van der Waals surface area contributed by atoms with E-state index in [1.165, 1.54) is 0 Å². The Bertz CT molecular complexity index is 1810. The molecule has 0 unspecified atom stereocenters. The number of morpholine rings is 1. The van der Waals surface area contributed by atoms with Gasteiger partial charge in [-0.25, -0.2) is 14.8 Å². The second-order valence-corrected chi connectivity index (χ2v) is 9.07. The van der Waals surface area contributed by atoms with Crippen LogP contribution in [0.1, 0.15) is 0 Å². The number of amides is 2. The van der Waals surface area contributed by atoms with Gasteiger partial charge in [-0.1, -0.05) is 6.07 Å². The highest BCUT2D eigenvalue weighted by molar-refractivity contribution is 5.96. The Morgan fingerprint density at radius 2 is 1.85 bits per heavy atom. The number of carbonyl (C=O) groups is 1. The van der Waals surface area contributed by atoms with Gasteiger partial charge in [0.05, 0.1) is 47.9 Å². The fraction of sp³-hybridized carbons (Fsp3) is 0.148. The van der Waals surface area contributed by atoms with Gasteiger partial charge in [-0.2, -0.15) is 5.10 Å². The molecule has 1 fully saturated rings. The molecule has 192 valence electrons. The fourth-order valence-electron chi connectivity index (χ4n) is 4.63. The molecule has 0 radical (unpaired) electrons. The number of nitrogens with one attached hydrogen (secondary N) is 3. The van der Waals surface area contributed by atoms with Crippen molar-refractivity contribution in [2.75, 3.05) is 31.6 Å². The molecule has 6 aromatic rings. The molecule has 7 rings (SSSR count). The smallest absolute Gasteiger partial charge is 0.322 e. The van der Waals surface area contributed by atoms with Gasteiger partial charge in [-0.3, -0.25) is 20.1 Å². The average molecular weight is 519 g/mol. The largest absolute Gasteiger partial charge is 0.378 e. The Balaban J connectivity index is 1.23. The molecule has 2 amide bonds. The molecule has 0 atom stereocenters. The summed E-state index contributed by atoms with van der Waals surface area (Å²) >= 11 is 0. The van der Waals surface area contributed by atoms with E-state index in [2.05, 4.69) is 40.4 Å². The predicted octanol–water partition coefficient (Wildman–Crippen LogP) is 3.88. The van der Waals surface area contributed by atoms with Crippen LogP contribution in [0.3, 0.4) is 0 Å². The standard InChI is InChI=1S/C27H22N10O2/c38-27(37-5-7-39-8-6-37)32-18-9-16(11-28-13-18)17-10-19-24(35-36-25(19)31-12-17)26-33-22-15-29-14-20(23(22)34-26)21-3-1-2-4-30-21/h1-4,9-15H,5-8H2,(H,32,38)(H,33,34)(H,31,35,36). The van der Waals surface area contributed by atoms with E-state index < -0.39 is 0 Å². The number of ether oxygens (including phenoxy) is 1. The molecule has 7 heterocycles. The van der Waals surface area contributed by atoms with Crippen molar-refractivity contribution in [3.05, 3.63) is 67.5 Å². The van der Waals surface area contributed by atoms with E-state index in [9.17, 15) is 4.79 Å². The van der Waals surface area contributed by atoms with Gasteiger partial charge < -0.3 is 19.9 Å². The lowest BCUT2D eigenvalue weighted by Crippen LogP contribution is -2.43. The summed E-state index contributed by atoms with van der Waals surface area (Å²) in [5.41, 5.74) is 6.67. The van der Waals surface area contributed by atoms with Gasteiger partial charge in [0.15, 0.2) is 11.5 Å². The van der Waals surface area contributed by atoms with Crippen molar-refractivity contribution in [2.45, 2.75) is 0 Å². The first-order chi connectivity index (χ1) is 19.2. The minimum atomic E-state index is -0.174. The lowest BCUT2D eigenvalue weighted by Gasteiger charge is -2.26. The van der Waals surface area contributed by atoms with Crippen molar-refractivity contribution in [1.82, 2.24) is 45.0 Å². The minimum Gasteiger partial charge on any atom is -0.378 e. The molecule has 3 N–H and O–H groups in total. The second-order valence-electron chi connectivity index (χ2n) is 9.07. The number of aromatic nitrogens is 8. The summed E-state index contributed by atoms with van der Waals surface area (Å²) in [5.74, 6) is 0.612. The van der Waals surface area contributed by atoms with Crippen molar-refractivity contribution in [3.8, 4) is 33.9 Å². The quantitative estimate of drug-likeness (QED) is 0.318. The lowest BCUT2D eigenvalue weighted by molar-refractivity contribution is 0.0564. The molecule has 1 aliphatic rings. The molecule has 1 saturated heterocycles. The van der Waals surface area contributed by atoms with Crippen molar-refractivity contribution in [3.63, 3.8) is 0 Å². The highest BCUT2D eigenvalue weighted by Gasteiger charge is 2.19. The molecular formula is C27H22N10O2. The second kappa shape index (κ2) is 9.58. The molecule has 12 nitrogen and oxygen atoms in total. The zero-order valence-corrected chi connectivity index (χ0v) is 20.6. The van der Waals surface area contributed by atoms with Gasteiger partial charge in [-0.15, -0.1) is 0 Å². The van der Waals surface area contributed by atoms with Crippen molar-refractivity contribution < 1.29 is 9.53 Å². The molecule has 39 heavy (non-hydrogen) atoms. The number of anilines is 1. The monoisotopic (exact) mass is 518 g/mol. The molecular weight excluding hydrogens is 496 g/mol. The number of pyridine rings is 4. The number of rotatable bonds is 4. The third-order valence-electron chi connectivity index (χ3n) is 6.60. The van der Waals surface area contributed by atoms with Gasteiger partial charge in [0.1, 0.15) is 11.2 Å². The topological polar surface area (TPSA) is 150 Å². The number of urea groups is 1. The third-order valence-corrected chi connectivity index (χ3v) is 6.60. The van der Waals surface area contributed by atoms with Crippen molar-refractivity contribution in [2.24, 2.45) is 0 Å². The molecule has 0 aliphatic carbocycles. The van der Waals surface area contributed by atoms with Crippen LogP contribution in [0, 0.1) is 0 Å². The highest BCUT2D eigenvalue weighted by atomic mass is 16.5. The van der Waals surface area contributed by atoms with E-state index >= 15 is 0 Å². The molecule has 0 spiro atoms. The van der Waals surface area contributed by atoms with E-state index in [0.717, 1.165) is 38.8 Å². The minimum absolute atomic E-state index is 0.174. The van der Waals surface area contributed by atoms with Crippen LogP contribution >= 0.6 is 0 Å².